The van der Waals surface area contributed by atoms with Crippen LogP contribution in [-0.2, 0) is 14.3 Å². The van der Waals surface area contributed by atoms with Crippen LogP contribution in [0.3, 0.4) is 0 Å². The van der Waals surface area contributed by atoms with Crippen LogP contribution in [0.5, 0.6) is 0 Å². The molecule has 0 bridgehead atoms. The zero-order valence-corrected chi connectivity index (χ0v) is 15.6. The van der Waals surface area contributed by atoms with Gasteiger partial charge >= 0.3 is 12.1 Å². The number of piperidine rings is 2. The molecule has 0 atom stereocenters. The molecule has 0 aromatic carbocycles. The first-order valence-corrected chi connectivity index (χ1v) is 9.99. The molecule has 3 rings (SSSR count). The first-order chi connectivity index (χ1) is 12.7. The fraction of sp³-hybridized carbons (Fsp3) is 0.889. The Morgan fingerprint density at radius 1 is 0.885 bits per heavy atom. The Kier molecular flexibility index (Phi) is 7.67. The van der Waals surface area contributed by atoms with Crippen LogP contribution in [0.25, 0.3) is 0 Å². The number of piperazine rings is 1. The highest BCUT2D eigenvalue weighted by Gasteiger charge is 2.28. The van der Waals surface area contributed by atoms with Gasteiger partial charge in [0.25, 0.3) is 0 Å². The van der Waals surface area contributed by atoms with Gasteiger partial charge in [0.2, 0.25) is 0 Å². The zero-order valence-electron chi connectivity index (χ0n) is 15.6. The van der Waals surface area contributed by atoms with Crippen molar-refractivity contribution in [3.05, 3.63) is 0 Å². The van der Waals surface area contributed by atoms with E-state index in [2.05, 4.69) is 15.5 Å². The Morgan fingerprint density at radius 3 is 2.15 bits per heavy atom. The SMILES string of the molecule is O=C(CCOC1CCNCC1)OC(=O)N1CCN(C2CCNCC2)CC1. The smallest absolute Gasteiger partial charge is 0.378 e. The van der Waals surface area contributed by atoms with Crippen molar-refractivity contribution in [3.63, 3.8) is 0 Å². The van der Waals surface area contributed by atoms with Gasteiger partial charge in [-0.25, -0.2) is 4.79 Å². The van der Waals surface area contributed by atoms with E-state index in [0.717, 1.165) is 52.1 Å². The molecule has 2 N–H and O–H groups in total. The van der Waals surface area contributed by atoms with Crippen LogP contribution in [0.4, 0.5) is 4.79 Å². The monoisotopic (exact) mass is 368 g/mol. The molecule has 8 heteroatoms. The number of hydrogen-bond donors (Lipinski definition) is 2. The number of carbonyl (C=O) groups is 2. The highest BCUT2D eigenvalue weighted by Crippen LogP contribution is 2.15. The Morgan fingerprint density at radius 2 is 1.50 bits per heavy atom. The Bertz CT molecular complexity index is 456. The fourth-order valence-corrected chi connectivity index (χ4v) is 3.93. The quantitative estimate of drug-likeness (QED) is 0.529. The average molecular weight is 368 g/mol. The molecule has 0 radical (unpaired) electrons. The fourth-order valence-electron chi connectivity index (χ4n) is 3.93. The molecule has 0 spiro atoms. The number of nitrogens with one attached hydrogen (secondary N) is 2. The molecular formula is C18H32N4O4. The summed E-state index contributed by atoms with van der Waals surface area (Å²) in [6, 6.07) is 0.614. The van der Waals surface area contributed by atoms with Crippen LogP contribution < -0.4 is 10.6 Å². The lowest BCUT2D eigenvalue weighted by molar-refractivity contribution is -0.140. The van der Waals surface area contributed by atoms with E-state index in [9.17, 15) is 9.59 Å². The number of nitrogens with zero attached hydrogens (tertiary/aromatic N) is 2. The van der Waals surface area contributed by atoms with Gasteiger partial charge in [0.15, 0.2) is 0 Å². The molecule has 3 fully saturated rings. The summed E-state index contributed by atoms with van der Waals surface area (Å²) >= 11 is 0. The summed E-state index contributed by atoms with van der Waals surface area (Å²) in [6.07, 6.45) is 4.10. The number of amides is 1. The van der Waals surface area contributed by atoms with Gasteiger partial charge in [-0.2, -0.15) is 0 Å². The lowest BCUT2D eigenvalue weighted by Gasteiger charge is -2.40. The van der Waals surface area contributed by atoms with E-state index in [1.54, 1.807) is 4.90 Å². The van der Waals surface area contributed by atoms with Crippen LogP contribution >= 0.6 is 0 Å². The lowest BCUT2D eigenvalue weighted by Crippen LogP contribution is -2.54. The van der Waals surface area contributed by atoms with Gasteiger partial charge in [0.1, 0.15) is 0 Å². The van der Waals surface area contributed by atoms with E-state index >= 15 is 0 Å². The second-order valence-electron chi connectivity index (χ2n) is 7.31. The minimum atomic E-state index is -0.512. The van der Waals surface area contributed by atoms with E-state index in [0.29, 0.717) is 25.7 Å². The first kappa shape index (κ1) is 19.5. The van der Waals surface area contributed by atoms with Gasteiger partial charge in [-0.1, -0.05) is 0 Å². The maximum atomic E-state index is 12.2. The maximum absolute atomic E-state index is 12.2. The standard InChI is InChI=1S/C18H32N4O4/c23-17(5-14-25-16-3-8-20-9-4-16)26-18(24)22-12-10-21(11-13-22)15-1-6-19-7-2-15/h15-16,19-20H,1-14H2. The summed E-state index contributed by atoms with van der Waals surface area (Å²) in [4.78, 5) is 28.1. The summed E-state index contributed by atoms with van der Waals surface area (Å²) < 4.78 is 10.7. The molecule has 8 nitrogen and oxygen atoms in total. The van der Waals surface area contributed by atoms with Gasteiger partial charge in [-0.3, -0.25) is 9.69 Å². The summed E-state index contributed by atoms with van der Waals surface area (Å²) in [6.45, 7) is 7.33. The molecular weight excluding hydrogens is 336 g/mol. The van der Waals surface area contributed by atoms with Crippen molar-refractivity contribution < 1.29 is 19.1 Å². The third-order valence-electron chi connectivity index (χ3n) is 5.54. The van der Waals surface area contributed by atoms with Gasteiger partial charge in [-0.15, -0.1) is 0 Å². The third-order valence-corrected chi connectivity index (χ3v) is 5.54. The molecule has 0 aromatic heterocycles. The van der Waals surface area contributed by atoms with Crippen LogP contribution in [0, 0.1) is 0 Å². The molecule has 1 amide bonds. The van der Waals surface area contributed by atoms with E-state index in [1.165, 1.54) is 12.8 Å². The van der Waals surface area contributed by atoms with Crippen molar-refractivity contribution in [1.29, 1.82) is 0 Å². The Labute approximate surface area is 155 Å². The minimum absolute atomic E-state index is 0.130. The molecule has 0 saturated carbocycles. The van der Waals surface area contributed by atoms with Gasteiger partial charge in [0, 0.05) is 32.2 Å². The summed E-state index contributed by atoms with van der Waals surface area (Å²) in [5, 5.41) is 6.65. The van der Waals surface area contributed by atoms with Crippen LogP contribution in [0.2, 0.25) is 0 Å². The molecule has 3 aliphatic rings. The molecule has 26 heavy (non-hydrogen) atoms. The van der Waals surface area contributed by atoms with E-state index in [4.69, 9.17) is 9.47 Å². The minimum Gasteiger partial charge on any atom is -0.378 e. The summed E-state index contributed by atoms with van der Waals surface area (Å²) in [5.41, 5.74) is 0. The highest BCUT2D eigenvalue weighted by atomic mass is 16.6. The molecule has 3 saturated heterocycles. The van der Waals surface area contributed by atoms with E-state index < -0.39 is 12.1 Å². The van der Waals surface area contributed by atoms with Gasteiger partial charge in [0.05, 0.1) is 19.1 Å². The van der Waals surface area contributed by atoms with E-state index in [-0.39, 0.29) is 12.5 Å². The number of hydrogen-bond acceptors (Lipinski definition) is 7. The van der Waals surface area contributed by atoms with Crippen LogP contribution in [0.15, 0.2) is 0 Å². The van der Waals surface area contributed by atoms with Crippen molar-refractivity contribution in [2.24, 2.45) is 0 Å². The van der Waals surface area contributed by atoms with Gasteiger partial charge in [-0.05, 0) is 51.9 Å². The van der Waals surface area contributed by atoms with Crippen molar-refractivity contribution in [3.8, 4) is 0 Å². The number of esters is 1. The van der Waals surface area contributed by atoms with Crippen LogP contribution in [-0.4, -0.2) is 93.0 Å². The lowest BCUT2D eigenvalue weighted by atomic mass is 10.0. The largest absolute Gasteiger partial charge is 0.417 e. The second-order valence-corrected chi connectivity index (χ2v) is 7.31. The molecule has 148 valence electrons. The third kappa shape index (κ3) is 5.90. The molecule has 0 unspecified atom stereocenters. The average Bonchev–Trinajstić information content (AvgIpc) is 2.69. The molecule has 0 aliphatic carbocycles. The number of ether oxygens (including phenoxy) is 2. The van der Waals surface area contributed by atoms with Crippen molar-refractivity contribution >= 4 is 12.1 Å². The molecule has 3 heterocycles. The first-order valence-electron chi connectivity index (χ1n) is 9.99. The number of carbonyl (C=O) groups excluding carboxylic acids is 2. The van der Waals surface area contributed by atoms with Crippen LogP contribution in [0.1, 0.15) is 32.1 Å². The molecule has 0 aromatic rings. The normalized spacial score (nSPS) is 23.8. The second kappa shape index (κ2) is 10.2. The maximum Gasteiger partial charge on any atom is 0.417 e. The zero-order chi connectivity index (χ0) is 18.2. The predicted molar refractivity (Wildman–Crippen MR) is 97.0 cm³/mol. The summed E-state index contributed by atoms with van der Waals surface area (Å²) in [5.74, 6) is -0.496. The highest BCUT2D eigenvalue weighted by molar-refractivity contribution is 5.84. The van der Waals surface area contributed by atoms with Crippen molar-refractivity contribution in [2.45, 2.75) is 44.2 Å². The Balaban J connectivity index is 1.30. The van der Waals surface area contributed by atoms with Gasteiger partial charge < -0.3 is 25.0 Å². The van der Waals surface area contributed by atoms with E-state index in [1.807, 2.05) is 0 Å². The molecule has 3 aliphatic heterocycles. The number of rotatable bonds is 5. The topological polar surface area (TPSA) is 83.1 Å². The van der Waals surface area contributed by atoms with Crippen molar-refractivity contribution in [1.82, 2.24) is 20.4 Å². The predicted octanol–water partition coefficient (Wildman–Crippen LogP) is 0.178. The van der Waals surface area contributed by atoms with Crippen molar-refractivity contribution in [2.75, 3.05) is 59.0 Å². The Hall–Kier alpha value is -1.22. The summed E-state index contributed by atoms with van der Waals surface area (Å²) in [7, 11) is 0.